The van der Waals surface area contributed by atoms with Gasteiger partial charge in [-0.2, -0.15) is 0 Å². The van der Waals surface area contributed by atoms with Gasteiger partial charge in [-0.05, 0) is 67.1 Å². The molecule has 3 aromatic rings. The minimum atomic E-state index is -0.822. The topological polar surface area (TPSA) is 62.3 Å². The number of H-pyrrole nitrogens is 1. The molecule has 0 unspecified atom stereocenters. The van der Waals surface area contributed by atoms with E-state index in [-0.39, 0.29) is 6.42 Å². The van der Waals surface area contributed by atoms with Crippen LogP contribution in [0.2, 0.25) is 0 Å². The van der Waals surface area contributed by atoms with E-state index in [0.717, 1.165) is 40.1 Å². The van der Waals surface area contributed by atoms with Gasteiger partial charge in [0.25, 0.3) is 0 Å². The molecule has 1 heterocycles. The predicted molar refractivity (Wildman–Crippen MR) is 113 cm³/mol. The van der Waals surface area contributed by atoms with Crippen molar-refractivity contribution < 1.29 is 14.6 Å². The molecule has 0 spiro atoms. The molecule has 0 aliphatic carbocycles. The highest BCUT2D eigenvalue weighted by Gasteiger charge is 2.11. The summed E-state index contributed by atoms with van der Waals surface area (Å²) in [6, 6.07) is 9.92. The normalized spacial score (nSPS) is 11.1. The van der Waals surface area contributed by atoms with Gasteiger partial charge in [-0.15, -0.1) is 0 Å². The van der Waals surface area contributed by atoms with E-state index in [2.05, 4.69) is 30.2 Å². The zero-order valence-electron chi connectivity index (χ0n) is 17.0. The third kappa shape index (κ3) is 4.75. The summed E-state index contributed by atoms with van der Waals surface area (Å²) in [5.41, 5.74) is 5.16. The largest absolute Gasteiger partial charge is 0.481 e. The van der Waals surface area contributed by atoms with Crippen LogP contribution in [0.3, 0.4) is 0 Å². The van der Waals surface area contributed by atoms with E-state index in [9.17, 15) is 4.79 Å². The van der Waals surface area contributed by atoms with Crippen molar-refractivity contribution in [1.82, 2.24) is 4.98 Å². The Morgan fingerprint density at radius 2 is 1.82 bits per heavy atom. The zero-order valence-corrected chi connectivity index (χ0v) is 17.0. The maximum Gasteiger partial charge on any atom is 0.307 e. The monoisotopic (exact) mass is 379 g/mol. The number of nitrogens with one attached hydrogen (secondary N) is 1. The van der Waals surface area contributed by atoms with Gasteiger partial charge >= 0.3 is 5.97 Å². The van der Waals surface area contributed by atoms with Crippen LogP contribution in [0, 0.1) is 13.8 Å². The van der Waals surface area contributed by atoms with Crippen LogP contribution in [0.1, 0.15) is 54.9 Å². The second kappa shape index (κ2) is 8.96. The van der Waals surface area contributed by atoms with Crippen molar-refractivity contribution in [1.29, 1.82) is 0 Å². The van der Waals surface area contributed by atoms with Crippen molar-refractivity contribution in [2.75, 3.05) is 0 Å². The van der Waals surface area contributed by atoms with E-state index in [1.54, 1.807) is 0 Å². The summed E-state index contributed by atoms with van der Waals surface area (Å²) in [5.74, 6) is 0.782. The summed E-state index contributed by atoms with van der Waals surface area (Å²) >= 11 is 0. The fourth-order valence-electron chi connectivity index (χ4n) is 3.77. The van der Waals surface area contributed by atoms with Gasteiger partial charge in [0.05, 0.1) is 6.42 Å². The zero-order chi connectivity index (χ0) is 20.1. The summed E-state index contributed by atoms with van der Waals surface area (Å²) in [6.07, 6.45) is 8.21. The number of aliphatic carboxylic acids is 1. The summed E-state index contributed by atoms with van der Waals surface area (Å²) in [4.78, 5) is 14.3. The molecule has 0 bridgehead atoms. The Balaban J connectivity index is 1.81. The van der Waals surface area contributed by atoms with Crippen LogP contribution in [-0.4, -0.2) is 16.1 Å². The first-order valence-electron chi connectivity index (χ1n) is 10.1. The van der Waals surface area contributed by atoms with Crippen molar-refractivity contribution >= 4 is 16.9 Å². The molecule has 0 atom stereocenters. The second-order valence-corrected chi connectivity index (χ2v) is 7.56. The summed E-state index contributed by atoms with van der Waals surface area (Å²) < 4.78 is 6.21. The number of carboxylic acids is 1. The number of carbonyl (C=O) groups is 1. The van der Waals surface area contributed by atoms with E-state index >= 15 is 0 Å². The molecule has 0 amide bonds. The molecular formula is C24H29NO3. The van der Waals surface area contributed by atoms with Crippen molar-refractivity contribution in [3.8, 4) is 11.5 Å². The Bertz CT molecular complexity index is 948. The Morgan fingerprint density at radius 3 is 2.50 bits per heavy atom. The lowest BCUT2D eigenvalue weighted by molar-refractivity contribution is -0.136. The van der Waals surface area contributed by atoms with E-state index in [4.69, 9.17) is 9.84 Å². The van der Waals surface area contributed by atoms with Gasteiger partial charge in [0.1, 0.15) is 11.5 Å². The molecule has 2 aromatic carbocycles. The first-order chi connectivity index (χ1) is 13.5. The smallest absolute Gasteiger partial charge is 0.307 e. The number of aromatic nitrogens is 1. The van der Waals surface area contributed by atoms with E-state index in [1.807, 2.05) is 32.0 Å². The van der Waals surface area contributed by atoms with Gasteiger partial charge in [-0.25, -0.2) is 0 Å². The SMILES string of the molecule is CCCCCCc1c[nH]c2ccc(Oc3c(C)cc(CC(=O)O)cc3C)cc12. The fourth-order valence-corrected chi connectivity index (χ4v) is 3.77. The van der Waals surface area contributed by atoms with Crippen molar-refractivity contribution in [2.45, 2.75) is 59.3 Å². The molecule has 3 rings (SSSR count). The highest BCUT2D eigenvalue weighted by molar-refractivity contribution is 5.84. The number of aromatic amines is 1. The van der Waals surface area contributed by atoms with Gasteiger partial charge in [0.15, 0.2) is 0 Å². The minimum Gasteiger partial charge on any atom is -0.481 e. The van der Waals surface area contributed by atoms with E-state index in [0.29, 0.717) is 0 Å². The predicted octanol–water partition coefficient (Wildman–Crippen LogP) is 6.33. The highest BCUT2D eigenvalue weighted by atomic mass is 16.5. The van der Waals surface area contributed by atoms with Gasteiger partial charge in [0.2, 0.25) is 0 Å². The third-order valence-corrected chi connectivity index (χ3v) is 5.13. The lowest BCUT2D eigenvalue weighted by atomic mass is 10.0. The Kier molecular flexibility index (Phi) is 6.40. The van der Waals surface area contributed by atoms with Crippen molar-refractivity contribution in [2.24, 2.45) is 0 Å². The molecule has 0 fully saturated rings. The first kappa shape index (κ1) is 20.0. The molecule has 2 N–H and O–H groups in total. The lowest BCUT2D eigenvalue weighted by Gasteiger charge is -2.14. The van der Waals surface area contributed by atoms with Gasteiger partial charge in [-0.3, -0.25) is 4.79 Å². The number of hydrogen-bond acceptors (Lipinski definition) is 2. The molecule has 0 saturated carbocycles. The number of unbranched alkanes of at least 4 members (excludes halogenated alkanes) is 3. The van der Waals surface area contributed by atoms with Gasteiger partial charge in [0, 0.05) is 17.1 Å². The van der Waals surface area contributed by atoms with Crippen LogP contribution in [0.4, 0.5) is 0 Å². The summed E-state index contributed by atoms with van der Waals surface area (Å²) in [6.45, 7) is 6.15. The molecule has 28 heavy (non-hydrogen) atoms. The third-order valence-electron chi connectivity index (χ3n) is 5.13. The van der Waals surface area contributed by atoms with Crippen molar-refractivity contribution in [3.05, 3.63) is 58.8 Å². The van der Waals surface area contributed by atoms with Crippen molar-refractivity contribution in [3.63, 3.8) is 0 Å². The molecule has 0 radical (unpaired) electrons. The molecule has 148 valence electrons. The van der Waals surface area contributed by atoms with Crippen LogP contribution >= 0.6 is 0 Å². The number of benzene rings is 2. The van der Waals surface area contributed by atoms with E-state index < -0.39 is 5.97 Å². The van der Waals surface area contributed by atoms with Crippen LogP contribution < -0.4 is 4.74 Å². The summed E-state index contributed by atoms with van der Waals surface area (Å²) in [5, 5.41) is 10.2. The minimum absolute atomic E-state index is 0.0264. The first-order valence-corrected chi connectivity index (χ1v) is 10.1. The molecule has 0 saturated heterocycles. The van der Waals surface area contributed by atoms with Crippen LogP contribution in [-0.2, 0) is 17.6 Å². The quantitative estimate of drug-likeness (QED) is 0.427. The number of aryl methyl sites for hydroxylation is 3. The number of carboxylic acid groups (broad SMARTS) is 1. The molecule has 0 aliphatic heterocycles. The lowest BCUT2D eigenvalue weighted by Crippen LogP contribution is -2.02. The highest BCUT2D eigenvalue weighted by Crippen LogP contribution is 2.32. The Hall–Kier alpha value is -2.75. The van der Waals surface area contributed by atoms with Gasteiger partial charge < -0.3 is 14.8 Å². The molecular weight excluding hydrogens is 350 g/mol. The average molecular weight is 380 g/mol. The molecule has 0 aliphatic rings. The second-order valence-electron chi connectivity index (χ2n) is 7.56. The number of fused-ring (bicyclic) bond motifs is 1. The maximum absolute atomic E-state index is 11.0. The Labute approximate surface area is 166 Å². The van der Waals surface area contributed by atoms with Crippen LogP contribution in [0.5, 0.6) is 11.5 Å². The number of ether oxygens (including phenoxy) is 1. The maximum atomic E-state index is 11.0. The van der Waals surface area contributed by atoms with Crippen LogP contribution in [0.15, 0.2) is 36.5 Å². The fraction of sp³-hybridized carbons (Fsp3) is 0.375. The Morgan fingerprint density at radius 1 is 1.07 bits per heavy atom. The average Bonchev–Trinajstić information content (AvgIpc) is 3.04. The van der Waals surface area contributed by atoms with E-state index in [1.165, 1.54) is 36.6 Å². The number of hydrogen-bond donors (Lipinski definition) is 2. The van der Waals surface area contributed by atoms with Gasteiger partial charge in [-0.1, -0.05) is 38.3 Å². The number of rotatable bonds is 9. The summed E-state index contributed by atoms with van der Waals surface area (Å²) in [7, 11) is 0. The molecule has 1 aromatic heterocycles. The van der Waals surface area contributed by atoms with Crippen LogP contribution in [0.25, 0.3) is 10.9 Å². The molecule has 4 heteroatoms. The standard InChI is InChI=1S/C24H29NO3/c1-4-5-6-7-8-19-15-25-22-10-9-20(14-21(19)22)28-24-16(2)11-18(12-17(24)3)13-23(26)27/h9-12,14-15,25H,4-8,13H2,1-3H3,(H,26,27). The molecule has 4 nitrogen and oxygen atoms in total.